The lowest BCUT2D eigenvalue weighted by Gasteiger charge is -2.37. The number of ether oxygens (including phenoxy) is 1. The van der Waals surface area contributed by atoms with Crippen LogP contribution in [-0.2, 0) is 14.3 Å². The molecule has 1 fully saturated rings. The molecule has 0 radical (unpaired) electrons. The summed E-state index contributed by atoms with van der Waals surface area (Å²) in [6.07, 6.45) is 0.702. The second kappa shape index (κ2) is 8.14. The van der Waals surface area contributed by atoms with Crippen LogP contribution in [0.25, 0.3) is 0 Å². The molecule has 0 bridgehead atoms. The summed E-state index contributed by atoms with van der Waals surface area (Å²) >= 11 is 0. The van der Waals surface area contributed by atoms with Gasteiger partial charge in [0.25, 0.3) is 0 Å². The number of aliphatic carboxylic acids is 1. The summed E-state index contributed by atoms with van der Waals surface area (Å²) in [5, 5.41) is 11.6. The third-order valence-electron chi connectivity index (χ3n) is 3.48. The van der Waals surface area contributed by atoms with Crippen molar-refractivity contribution < 1.29 is 24.2 Å². The van der Waals surface area contributed by atoms with Gasteiger partial charge in [-0.15, -0.1) is 0 Å². The molecule has 132 valence electrons. The van der Waals surface area contributed by atoms with E-state index in [0.717, 1.165) is 0 Å². The number of nitrogens with two attached hydrogens (primary N) is 1. The molecule has 1 saturated heterocycles. The summed E-state index contributed by atoms with van der Waals surface area (Å²) in [5.74, 6) is -1.22. The standard InChI is InChI=1S/C15H27N3O5/c1-15(2,3)23-14(22)17-11-6-10(4-5-13(20)21)7-18(8-11)9-12(16)19/h10-11H,4-9H2,1-3H3,(H2,16,19)(H,17,22)(H,20,21). The predicted octanol–water partition coefficient (Wildman–Crippen LogP) is 0.552. The number of amides is 2. The van der Waals surface area contributed by atoms with Crippen LogP contribution in [0, 0.1) is 5.92 Å². The fraction of sp³-hybridized carbons (Fsp3) is 0.800. The highest BCUT2D eigenvalue weighted by molar-refractivity contribution is 5.76. The molecule has 0 aromatic rings. The van der Waals surface area contributed by atoms with Crippen molar-refractivity contribution in [2.24, 2.45) is 11.7 Å². The summed E-state index contributed by atoms with van der Waals surface area (Å²) in [7, 11) is 0. The Morgan fingerprint density at radius 3 is 2.48 bits per heavy atom. The van der Waals surface area contributed by atoms with Crippen molar-refractivity contribution in [3.8, 4) is 0 Å². The van der Waals surface area contributed by atoms with E-state index in [0.29, 0.717) is 25.9 Å². The fourth-order valence-corrected chi connectivity index (χ4v) is 2.77. The molecular weight excluding hydrogens is 302 g/mol. The van der Waals surface area contributed by atoms with E-state index in [1.54, 1.807) is 20.8 Å². The van der Waals surface area contributed by atoms with Gasteiger partial charge in [-0.3, -0.25) is 14.5 Å². The van der Waals surface area contributed by atoms with Gasteiger partial charge in [-0.1, -0.05) is 0 Å². The van der Waals surface area contributed by atoms with Crippen LogP contribution in [-0.4, -0.2) is 59.3 Å². The number of hydrogen-bond donors (Lipinski definition) is 3. The maximum Gasteiger partial charge on any atom is 0.407 e. The van der Waals surface area contributed by atoms with Crippen molar-refractivity contribution in [3.63, 3.8) is 0 Å². The third-order valence-corrected chi connectivity index (χ3v) is 3.48. The van der Waals surface area contributed by atoms with Crippen molar-refractivity contribution in [2.45, 2.75) is 51.7 Å². The first-order valence-electron chi connectivity index (χ1n) is 7.77. The van der Waals surface area contributed by atoms with Crippen LogP contribution in [0.3, 0.4) is 0 Å². The summed E-state index contributed by atoms with van der Waals surface area (Å²) < 4.78 is 5.24. The second-order valence-corrected chi connectivity index (χ2v) is 7.04. The molecule has 1 rings (SSSR count). The van der Waals surface area contributed by atoms with Crippen molar-refractivity contribution in [2.75, 3.05) is 19.6 Å². The summed E-state index contributed by atoms with van der Waals surface area (Å²) in [5.41, 5.74) is 4.65. The molecule has 0 aromatic heterocycles. The van der Waals surface area contributed by atoms with Crippen molar-refractivity contribution in [3.05, 3.63) is 0 Å². The average molecular weight is 329 g/mol. The van der Waals surface area contributed by atoms with Gasteiger partial charge in [0.1, 0.15) is 5.60 Å². The predicted molar refractivity (Wildman–Crippen MR) is 83.8 cm³/mol. The van der Waals surface area contributed by atoms with Crippen molar-refractivity contribution >= 4 is 18.0 Å². The minimum atomic E-state index is -0.853. The first-order valence-corrected chi connectivity index (χ1v) is 7.77. The monoisotopic (exact) mass is 329 g/mol. The van der Waals surface area contributed by atoms with Gasteiger partial charge in [0.2, 0.25) is 5.91 Å². The Kier molecular flexibility index (Phi) is 6.80. The number of carboxylic acids is 1. The number of carbonyl (C=O) groups excluding carboxylic acids is 2. The molecular formula is C15H27N3O5. The Morgan fingerprint density at radius 2 is 1.96 bits per heavy atom. The van der Waals surface area contributed by atoms with Gasteiger partial charge >= 0.3 is 12.1 Å². The van der Waals surface area contributed by atoms with E-state index in [2.05, 4.69) is 5.32 Å². The number of nitrogens with one attached hydrogen (secondary N) is 1. The first kappa shape index (κ1) is 19.2. The number of carboxylic acid groups (broad SMARTS) is 1. The molecule has 0 saturated carbocycles. The molecule has 8 nitrogen and oxygen atoms in total. The van der Waals surface area contributed by atoms with E-state index in [4.69, 9.17) is 15.6 Å². The topological polar surface area (TPSA) is 122 Å². The van der Waals surface area contributed by atoms with Crippen molar-refractivity contribution in [1.82, 2.24) is 10.2 Å². The van der Waals surface area contributed by atoms with E-state index in [1.807, 2.05) is 4.90 Å². The Balaban J connectivity index is 2.62. The van der Waals surface area contributed by atoms with E-state index >= 15 is 0 Å². The van der Waals surface area contributed by atoms with Crippen LogP contribution in [0.2, 0.25) is 0 Å². The lowest BCUT2D eigenvalue weighted by molar-refractivity contribution is -0.137. The highest BCUT2D eigenvalue weighted by Gasteiger charge is 2.30. The van der Waals surface area contributed by atoms with Gasteiger partial charge in [0.05, 0.1) is 6.54 Å². The molecule has 0 spiro atoms. The first-order chi connectivity index (χ1) is 10.5. The zero-order valence-electron chi connectivity index (χ0n) is 14.0. The number of alkyl carbamates (subject to hydrolysis) is 1. The summed E-state index contributed by atoms with van der Waals surface area (Å²) in [4.78, 5) is 35.6. The van der Waals surface area contributed by atoms with E-state index in [9.17, 15) is 14.4 Å². The Morgan fingerprint density at radius 1 is 1.30 bits per heavy atom. The number of nitrogens with zero attached hydrogens (tertiary/aromatic N) is 1. The molecule has 8 heteroatoms. The fourth-order valence-electron chi connectivity index (χ4n) is 2.77. The van der Waals surface area contributed by atoms with Crippen LogP contribution in [0.1, 0.15) is 40.0 Å². The van der Waals surface area contributed by atoms with Crippen molar-refractivity contribution in [1.29, 1.82) is 0 Å². The summed E-state index contributed by atoms with van der Waals surface area (Å²) in [6.45, 7) is 6.53. The van der Waals surface area contributed by atoms with Gasteiger partial charge in [0.15, 0.2) is 0 Å². The van der Waals surface area contributed by atoms with Gasteiger partial charge in [-0.25, -0.2) is 4.79 Å². The number of carbonyl (C=O) groups is 3. The van der Waals surface area contributed by atoms with Gasteiger partial charge in [-0.05, 0) is 39.5 Å². The van der Waals surface area contributed by atoms with Gasteiger partial charge < -0.3 is 20.9 Å². The maximum absolute atomic E-state index is 11.9. The molecule has 1 aliphatic rings. The van der Waals surface area contributed by atoms with Crippen LogP contribution < -0.4 is 11.1 Å². The molecule has 2 amide bonds. The van der Waals surface area contributed by atoms with Crippen LogP contribution in [0.15, 0.2) is 0 Å². The highest BCUT2D eigenvalue weighted by Crippen LogP contribution is 2.22. The number of primary amides is 1. The van der Waals surface area contributed by atoms with Crippen LogP contribution >= 0.6 is 0 Å². The third kappa shape index (κ3) is 8.39. The zero-order valence-corrected chi connectivity index (χ0v) is 14.0. The van der Waals surface area contributed by atoms with Gasteiger partial charge in [-0.2, -0.15) is 0 Å². The molecule has 23 heavy (non-hydrogen) atoms. The number of piperidine rings is 1. The minimum Gasteiger partial charge on any atom is -0.481 e. The molecule has 2 atom stereocenters. The second-order valence-electron chi connectivity index (χ2n) is 7.04. The number of rotatable bonds is 6. The largest absolute Gasteiger partial charge is 0.481 e. The average Bonchev–Trinajstić information content (AvgIpc) is 2.32. The lowest BCUT2D eigenvalue weighted by atomic mass is 9.90. The van der Waals surface area contributed by atoms with E-state index in [-0.39, 0.29) is 24.9 Å². The van der Waals surface area contributed by atoms with Crippen LogP contribution in [0.4, 0.5) is 4.79 Å². The Labute approximate surface area is 136 Å². The normalized spacial score (nSPS) is 22.4. The molecule has 2 unspecified atom stereocenters. The quantitative estimate of drug-likeness (QED) is 0.654. The minimum absolute atomic E-state index is 0.0637. The zero-order chi connectivity index (χ0) is 17.6. The Bertz CT molecular complexity index is 447. The molecule has 0 aliphatic carbocycles. The van der Waals surface area contributed by atoms with Crippen LogP contribution in [0.5, 0.6) is 0 Å². The van der Waals surface area contributed by atoms with E-state index in [1.165, 1.54) is 0 Å². The molecule has 4 N–H and O–H groups in total. The number of hydrogen-bond acceptors (Lipinski definition) is 5. The van der Waals surface area contributed by atoms with Gasteiger partial charge in [0, 0.05) is 25.6 Å². The molecule has 0 aromatic carbocycles. The summed E-state index contributed by atoms with van der Waals surface area (Å²) in [6, 6.07) is -0.197. The Hall–Kier alpha value is -1.83. The van der Waals surface area contributed by atoms with E-state index < -0.39 is 23.6 Å². The maximum atomic E-state index is 11.9. The SMILES string of the molecule is CC(C)(C)OC(=O)NC1CC(CCC(=O)O)CN(CC(N)=O)C1. The molecule has 1 heterocycles. The lowest BCUT2D eigenvalue weighted by Crippen LogP contribution is -2.53. The molecule has 1 aliphatic heterocycles. The number of likely N-dealkylation sites (tertiary alicyclic amines) is 1. The smallest absolute Gasteiger partial charge is 0.407 e. The highest BCUT2D eigenvalue weighted by atomic mass is 16.6.